The van der Waals surface area contributed by atoms with E-state index in [0.717, 1.165) is 0 Å². The molecule has 1 aliphatic rings. The molecule has 0 bridgehead atoms. The quantitative estimate of drug-likeness (QED) is 0.761. The van der Waals surface area contributed by atoms with Gasteiger partial charge < -0.3 is 10.8 Å². The van der Waals surface area contributed by atoms with Gasteiger partial charge in [-0.1, -0.05) is 11.6 Å². The Bertz CT molecular complexity index is 492. The minimum Gasteiger partial charge on any atom is -0.481 e. The molecule has 2 rings (SSSR count). The Kier molecular flexibility index (Phi) is 2.89. The maximum atomic E-state index is 11.7. The second kappa shape index (κ2) is 4.21. The summed E-state index contributed by atoms with van der Waals surface area (Å²) in [5.74, 6) is -1.80. The van der Waals surface area contributed by atoms with Gasteiger partial charge in [-0.25, -0.2) is 4.98 Å². The van der Waals surface area contributed by atoms with Crippen LogP contribution in [0.15, 0.2) is 12.1 Å². The number of rotatable bonds is 2. The first-order chi connectivity index (χ1) is 7.99. The second-order valence-electron chi connectivity index (χ2n) is 3.79. The highest BCUT2D eigenvalue weighted by atomic mass is 35.5. The van der Waals surface area contributed by atoms with Gasteiger partial charge in [-0.05, 0) is 12.1 Å². The van der Waals surface area contributed by atoms with Crippen molar-refractivity contribution in [3.05, 3.63) is 17.3 Å². The lowest BCUT2D eigenvalue weighted by Crippen LogP contribution is -2.27. The molecular weight excluding hydrogens is 246 g/mol. The van der Waals surface area contributed by atoms with E-state index >= 15 is 0 Å². The molecule has 0 aliphatic carbocycles. The lowest BCUT2D eigenvalue weighted by molar-refractivity contribution is -0.141. The summed E-state index contributed by atoms with van der Waals surface area (Å²) in [6, 6.07) is 3.04. The van der Waals surface area contributed by atoms with Crippen molar-refractivity contribution >= 4 is 35.0 Å². The lowest BCUT2D eigenvalue weighted by atomic mass is 10.1. The van der Waals surface area contributed by atoms with Gasteiger partial charge in [0.1, 0.15) is 5.15 Å². The molecule has 3 N–H and O–H groups in total. The van der Waals surface area contributed by atoms with Gasteiger partial charge in [-0.15, -0.1) is 0 Å². The first kappa shape index (κ1) is 11.7. The summed E-state index contributed by atoms with van der Waals surface area (Å²) in [7, 11) is 0. The van der Waals surface area contributed by atoms with E-state index in [2.05, 4.69) is 4.98 Å². The molecule has 17 heavy (non-hydrogen) atoms. The van der Waals surface area contributed by atoms with Crippen molar-refractivity contribution < 1.29 is 14.7 Å². The Morgan fingerprint density at radius 3 is 2.88 bits per heavy atom. The van der Waals surface area contributed by atoms with E-state index in [0.29, 0.717) is 5.69 Å². The SMILES string of the molecule is Nc1ccc(Cl)nc1N1CC(C(=O)O)CC1=O. The Labute approximate surface area is 102 Å². The summed E-state index contributed by atoms with van der Waals surface area (Å²) in [6.07, 6.45) is -0.0387. The molecule has 0 spiro atoms. The zero-order valence-corrected chi connectivity index (χ0v) is 9.52. The van der Waals surface area contributed by atoms with Crippen LogP contribution in [0.25, 0.3) is 0 Å². The van der Waals surface area contributed by atoms with E-state index in [1.165, 1.54) is 17.0 Å². The molecule has 1 aliphatic heterocycles. The Morgan fingerprint density at radius 1 is 1.59 bits per heavy atom. The second-order valence-corrected chi connectivity index (χ2v) is 4.18. The number of pyridine rings is 1. The molecule has 1 aromatic heterocycles. The third-order valence-electron chi connectivity index (χ3n) is 2.60. The van der Waals surface area contributed by atoms with Crippen molar-refractivity contribution in [1.29, 1.82) is 0 Å². The maximum Gasteiger partial charge on any atom is 0.308 e. The van der Waals surface area contributed by atoms with Crippen LogP contribution < -0.4 is 10.6 Å². The number of carbonyl (C=O) groups excluding carboxylic acids is 1. The molecule has 0 aromatic carbocycles. The highest BCUT2D eigenvalue weighted by Crippen LogP contribution is 2.29. The largest absolute Gasteiger partial charge is 0.481 e. The number of nitrogens with two attached hydrogens (primary N) is 1. The van der Waals surface area contributed by atoms with Gasteiger partial charge in [-0.2, -0.15) is 0 Å². The van der Waals surface area contributed by atoms with Crippen LogP contribution in [0.2, 0.25) is 5.15 Å². The zero-order valence-electron chi connectivity index (χ0n) is 8.76. The molecule has 6 nitrogen and oxygen atoms in total. The van der Waals surface area contributed by atoms with Crippen molar-refractivity contribution in [3.8, 4) is 0 Å². The predicted molar refractivity (Wildman–Crippen MR) is 61.8 cm³/mol. The molecule has 1 saturated heterocycles. The maximum absolute atomic E-state index is 11.7. The lowest BCUT2D eigenvalue weighted by Gasteiger charge is -2.16. The summed E-state index contributed by atoms with van der Waals surface area (Å²) in [5, 5.41) is 9.07. The molecule has 7 heteroatoms. The number of nitrogens with zero attached hydrogens (tertiary/aromatic N) is 2. The zero-order chi connectivity index (χ0) is 12.6. The number of aliphatic carboxylic acids is 1. The summed E-state index contributed by atoms with van der Waals surface area (Å²) >= 11 is 5.72. The summed E-state index contributed by atoms with van der Waals surface area (Å²) in [6.45, 7) is 0.0751. The number of hydrogen-bond acceptors (Lipinski definition) is 4. The van der Waals surface area contributed by atoms with Gasteiger partial charge in [0, 0.05) is 13.0 Å². The van der Waals surface area contributed by atoms with Gasteiger partial charge in [0.15, 0.2) is 5.82 Å². The van der Waals surface area contributed by atoms with Gasteiger partial charge >= 0.3 is 5.97 Å². The predicted octanol–water partition coefficient (Wildman–Crippen LogP) is 0.755. The number of carboxylic acids is 1. The molecule has 2 heterocycles. The number of carboxylic acid groups (broad SMARTS) is 1. The van der Waals surface area contributed by atoms with Crippen LogP contribution >= 0.6 is 11.6 Å². The number of amides is 1. The fourth-order valence-corrected chi connectivity index (χ4v) is 1.87. The van der Waals surface area contributed by atoms with E-state index in [9.17, 15) is 9.59 Å². The summed E-state index contributed by atoms with van der Waals surface area (Å²) in [5.41, 5.74) is 5.99. The average molecular weight is 256 g/mol. The van der Waals surface area contributed by atoms with Crippen LogP contribution in [0.3, 0.4) is 0 Å². The summed E-state index contributed by atoms with van der Waals surface area (Å²) in [4.78, 5) is 27.7. The molecule has 1 amide bonds. The molecule has 1 fully saturated rings. The molecule has 1 aromatic rings. The van der Waals surface area contributed by atoms with E-state index in [-0.39, 0.29) is 29.8 Å². The third-order valence-corrected chi connectivity index (χ3v) is 2.81. The standard InChI is InChI=1S/C10H10ClN3O3/c11-7-2-1-6(12)9(13-7)14-4-5(10(16)17)3-8(14)15/h1-2,5H,3-4,12H2,(H,16,17). The van der Waals surface area contributed by atoms with Crippen LogP contribution in [-0.4, -0.2) is 28.5 Å². The van der Waals surface area contributed by atoms with Gasteiger partial charge in [-0.3, -0.25) is 14.5 Å². The fraction of sp³-hybridized carbons (Fsp3) is 0.300. The Morgan fingerprint density at radius 2 is 2.29 bits per heavy atom. The monoisotopic (exact) mass is 255 g/mol. The molecule has 0 radical (unpaired) electrons. The number of carbonyl (C=O) groups is 2. The first-order valence-corrected chi connectivity index (χ1v) is 5.32. The minimum absolute atomic E-state index is 0.0387. The van der Waals surface area contributed by atoms with Gasteiger partial charge in [0.25, 0.3) is 0 Å². The number of anilines is 2. The average Bonchev–Trinajstić information content (AvgIpc) is 2.64. The van der Waals surface area contributed by atoms with Crippen molar-refractivity contribution in [1.82, 2.24) is 4.98 Å². The number of aromatic nitrogens is 1. The molecule has 0 saturated carbocycles. The molecule has 1 unspecified atom stereocenters. The van der Waals surface area contributed by atoms with E-state index in [1.807, 2.05) is 0 Å². The van der Waals surface area contributed by atoms with Crippen LogP contribution in [0.4, 0.5) is 11.5 Å². The van der Waals surface area contributed by atoms with E-state index in [1.54, 1.807) is 0 Å². The normalized spacial score (nSPS) is 19.7. The minimum atomic E-state index is -0.999. The number of halogens is 1. The van der Waals surface area contributed by atoms with Gasteiger partial charge in [0.2, 0.25) is 5.91 Å². The highest BCUT2D eigenvalue weighted by Gasteiger charge is 2.36. The van der Waals surface area contributed by atoms with Gasteiger partial charge in [0.05, 0.1) is 11.6 Å². The van der Waals surface area contributed by atoms with E-state index < -0.39 is 11.9 Å². The summed E-state index contributed by atoms with van der Waals surface area (Å²) < 4.78 is 0. The topological polar surface area (TPSA) is 96.5 Å². The third kappa shape index (κ3) is 2.16. The highest BCUT2D eigenvalue weighted by molar-refractivity contribution is 6.29. The Hall–Kier alpha value is -1.82. The van der Waals surface area contributed by atoms with Crippen LogP contribution in [0.1, 0.15) is 6.42 Å². The van der Waals surface area contributed by atoms with Crippen molar-refractivity contribution in [2.75, 3.05) is 17.2 Å². The first-order valence-electron chi connectivity index (χ1n) is 4.94. The smallest absolute Gasteiger partial charge is 0.308 e. The van der Waals surface area contributed by atoms with Crippen LogP contribution in [0.5, 0.6) is 0 Å². The van der Waals surface area contributed by atoms with E-state index in [4.69, 9.17) is 22.4 Å². The molecule has 1 atom stereocenters. The number of nitrogen functional groups attached to an aromatic ring is 1. The van der Waals surface area contributed by atoms with Crippen molar-refractivity contribution in [2.24, 2.45) is 5.92 Å². The molecule has 90 valence electrons. The number of hydrogen-bond donors (Lipinski definition) is 2. The van der Waals surface area contributed by atoms with Crippen molar-refractivity contribution in [3.63, 3.8) is 0 Å². The van der Waals surface area contributed by atoms with Crippen LogP contribution in [0, 0.1) is 5.92 Å². The molecular formula is C10H10ClN3O3. The Balaban J connectivity index is 2.32. The van der Waals surface area contributed by atoms with Crippen LogP contribution in [-0.2, 0) is 9.59 Å². The van der Waals surface area contributed by atoms with Crippen molar-refractivity contribution in [2.45, 2.75) is 6.42 Å². The fourth-order valence-electron chi connectivity index (χ4n) is 1.73.